The van der Waals surface area contributed by atoms with Crippen molar-refractivity contribution in [2.24, 2.45) is 0 Å². The number of phenols is 6. The van der Waals surface area contributed by atoms with Crippen LogP contribution in [0.2, 0.25) is 0 Å². The quantitative estimate of drug-likeness (QED) is 0.0965. The van der Waals surface area contributed by atoms with E-state index in [-0.39, 0.29) is 6.42 Å². The van der Waals surface area contributed by atoms with Crippen LogP contribution in [0, 0.1) is 6.92 Å². The Hall–Kier alpha value is -6.08. The van der Waals surface area contributed by atoms with Gasteiger partial charge in [0, 0.05) is 12.0 Å². The van der Waals surface area contributed by atoms with E-state index in [2.05, 4.69) is 6.92 Å². The molecule has 6 N–H and O–H groups in total. The lowest BCUT2D eigenvalue weighted by atomic mass is 9.64. The van der Waals surface area contributed by atoms with Gasteiger partial charge in [0.25, 0.3) is 0 Å². The van der Waals surface area contributed by atoms with Crippen LogP contribution in [0.1, 0.15) is 51.4 Å². The predicted molar refractivity (Wildman–Crippen MR) is 184 cm³/mol. The molecule has 1 aliphatic carbocycles. The van der Waals surface area contributed by atoms with Gasteiger partial charge in [-0.25, -0.2) is 0 Å². The molecule has 0 saturated heterocycles. The number of ether oxygens (including phenoxy) is 1. The summed E-state index contributed by atoms with van der Waals surface area (Å²) in [5.41, 5.74) is 5.45. The standard InChI is InChI=1S/C41H34O7/c1-3-24-12-16-26(17-13-24)48-27-18-14-25(15-19-27)20-30-34(22-36(43)40(47)38(30)45)41(33-21-35(42)39(46)37(44)23(33)2)31-10-6-4-8-28(31)29-9-5-7-11-32(29)41/h4-19,21-22,42-47H,3,20H2,1-2H3. The molecule has 7 rings (SSSR count). The number of hydrogen-bond acceptors (Lipinski definition) is 7. The molecule has 7 nitrogen and oxygen atoms in total. The Morgan fingerprint density at radius 2 is 1.00 bits per heavy atom. The van der Waals surface area contributed by atoms with Crippen molar-refractivity contribution in [3.63, 3.8) is 0 Å². The second-order valence-corrected chi connectivity index (χ2v) is 12.1. The molecule has 0 saturated carbocycles. The maximum absolute atomic E-state index is 11.6. The molecule has 0 heterocycles. The lowest BCUT2D eigenvalue weighted by molar-refractivity contribution is 0.362. The summed E-state index contributed by atoms with van der Waals surface area (Å²) in [4.78, 5) is 0. The molecule has 6 aromatic rings. The van der Waals surface area contributed by atoms with E-state index < -0.39 is 39.9 Å². The van der Waals surface area contributed by atoms with E-state index in [1.807, 2.05) is 97.1 Å². The van der Waals surface area contributed by atoms with E-state index in [0.29, 0.717) is 33.8 Å². The third-order valence-electron chi connectivity index (χ3n) is 9.50. The average Bonchev–Trinajstić information content (AvgIpc) is 3.41. The first-order valence-electron chi connectivity index (χ1n) is 15.7. The van der Waals surface area contributed by atoms with E-state index in [1.165, 1.54) is 17.7 Å². The summed E-state index contributed by atoms with van der Waals surface area (Å²) < 4.78 is 6.05. The van der Waals surface area contributed by atoms with Gasteiger partial charge >= 0.3 is 0 Å². The fourth-order valence-corrected chi connectivity index (χ4v) is 7.10. The second-order valence-electron chi connectivity index (χ2n) is 12.1. The van der Waals surface area contributed by atoms with Crippen molar-refractivity contribution in [1.29, 1.82) is 0 Å². The molecule has 0 spiro atoms. The molecule has 1 aliphatic rings. The van der Waals surface area contributed by atoms with Crippen LogP contribution >= 0.6 is 0 Å². The Kier molecular flexibility index (Phi) is 7.40. The maximum atomic E-state index is 11.6. The summed E-state index contributed by atoms with van der Waals surface area (Å²) in [5, 5.41) is 65.9. The minimum absolute atomic E-state index is 0.141. The first-order valence-corrected chi connectivity index (χ1v) is 15.7. The molecule has 240 valence electrons. The summed E-state index contributed by atoms with van der Waals surface area (Å²) in [6, 6.07) is 33.5. The van der Waals surface area contributed by atoms with Gasteiger partial charge in [0.05, 0.1) is 5.41 Å². The highest BCUT2D eigenvalue weighted by Gasteiger charge is 2.49. The molecule has 0 fully saturated rings. The monoisotopic (exact) mass is 638 g/mol. The van der Waals surface area contributed by atoms with Gasteiger partial charge in [0.2, 0.25) is 11.5 Å². The predicted octanol–water partition coefficient (Wildman–Crippen LogP) is 8.54. The Labute approximate surface area is 277 Å². The van der Waals surface area contributed by atoms with Gasteiger partial charge in [-0.05, 0) is 99.8 Å². The van der Waals surface area contributed by atoms with E-state index in [0.717, 1.165) is 34.2 Å². The highest BCUT2D eigenvalue weighted by molar-refractivity contribution is 5.88. The number of hydrogen-bond donors (Lipinski definition) is 6. The highest BCUT2D eigenvalue weighted by atomic mass is 16.5. The van der Waals surface area contributed by atoms with E-state index in [1.54, 1.807) is 6.92 Å². The van der Waals surface area contributed by atoms with Gasteiger partial charge in [-0.1, -0.05) is 79.7 Å². The number of benzene rings is 6. The number of aryl methyl sites for hydroxylation is 1. The normalized spacial score (nSPS) is 12.8. The number of rotatable bonds is 7. The van der Waals surface area contributed by atoms with Crippen LogP contribution in [0.15, 0.2) is 109 Å². The molecule has 7 heteroatoms. The number of fused-ring (bicyclic) bond motifs is 3. The first kappa shape index (κ1) is 30.6. The Balaban J connectivity index is 1.45. The molecular weight excluding hydrogens is 604 g/mol. The van der Waals surface area contributed by atoms with E-state index >= 15 is 0 Å². The number of aromatic hydroxyl groups is 6. The zero-order valence-corrected chi connectivity index (χ0v) is 26.4. The summed E-state index contributed by atoms with van der Waals surface area (Å²) in [6.45, 7) is 3.74. The van der Waals surface area contributed by atoms with Crippen LogP contribution < -0.4 is 4.74 Å². The van der Waals surface area contributed by atoms with Crippen molar-refractivity contribution in [3.8, 4) is 57.1 Å². The van der Waals surface area contributed by atoms with Crippen molar-refractivity contribution in [2.45, 2.75) is 32.1 Å². The van der Waals surface area contributed by atoms with Crippen molar-refractivity contribution < 1.29 is 35.4 Å². The summed E-state index contributed by atoms with van der Waals surface area (Å²) in [7, 11) is 0. The zero-order chi connectivity index (χ0) is 33.7. The molecule has 0 aliphatic heterocycles. The lowest BCUT2D eigenvalue weighted by Gasteiger charge is -2.37. The van der Waals surface area contributed by atoms with Gasteiger partial charge < -0.3 is 35.4 Å². The molecule has 0 unspecified atom stereocenters. The molecular formula is C41H34O7. The van der Waals surface area contributed by atoms with Crippen molar-refractivity contribution >= 4 is 0 Å². The topological polar surface area (TPSA) is 131 Å². The molecule has 0 bridgehead atoms. The fourth-order valence-electron chi connectivity index (χ4n) is 7.10. The summed E-state index contributed by atoms with van der Waals surface area (Å²) >= 11 is 0. The zero-order valence-electron chi connectivity index (χ0n) is 26.4. The molecule has 0 radical (unpaired) electrons. The third kappa shape index (κ3) is 4.66. The van der Waals surface area contributed by atoms with E-state index in [4.69, 9.17) is 4.74 Å². The first-order chi connectivity index (χ1) is 23.1. The van der Waals surface area contributed by atoms with Crippen LogP contribution in [0.25, 0.3) is 11.1 Å². The molecule has 48 heavy (non-hydrogen) atoms. The van der Waals surface area contributed by atoms with Gasteiger partial charge in [-0.15, -0.1) is 0 Å². The fraction of sp³-hybridized carbons (Fsp3) is 0.122. The summed E-state index contributed by atoms with van der Waals surface area (Å²) in [5.74, 6) is -2.01. The molecule has 6 aromatic carbocycles. The largest absolute Gasteiger partial charge is 0.504 e. The van der Waals surface area contributed by atoms with Gasteiger partial charge in [-0.3, -0.25) is 0 Å². The minimum Gasteiger partial charge on any atom is -0.504 e. The van der Waals surface area contributed by atoms with Crippen LogP contribution in [0.4, 0.5) is 0 Å². The maximum Gasteiger partial charge on any atom is 0.200 e. The molecule has 0 aromatic heterocycles. The highest BCUT2D eigenvalue weighted by Crippen LogP contribution is 2.61. The average molecular weight is 639 g/mol. The van der Waals surface area contributed by atoms with Gasteiger partial charge in [0.1, 0.15) is 11.5 Å². The van der Waals surface area contributed by atoms with Crippen LogP contribution in [0.3, 0.4) is 0 Å². The van der Waals surface area contributed by atoms with Crippen molar-refractivity contribution in [1.82, 2.24) is 0 Å². The van der Waals surface area contributed by atoms with Crippen LogP contribution in [-0.2, 0) is 18.3 Å². The van der Waals surface area contributed by atoms with Gasteiger partial charge in [0.15, 0.2) is 23.0 Å². The van der Waals surface area contributed by atoms with Crippen LogP contribution in [-0.4, -0.2) is 30.6 Å². The van der Waals surface area contributed by atoms with Crippen LogP contribution in [0.5, 0.6) is 46.0 Å². The minimum atomic E-state index is -1.31. The number of phenolic OH excluding ortho intramolecular Hbond substituents is 6. The lowest BCUT2D eigenvalue weighted by Crippen LogP contribution is -2.31. The Morgan fingerprint density at radius 3 is 1.54 bits per heavy atom. The SMILES string of the molecule is CCc1ccc(Oc2ccc(Cc3c(C4(c5cc(O)c(O)c(O)c5C)c5ccccc5-c5ccccc54)cc(O)c(O)c3O)cc2)cc1. The second kappa shape index (κ2) is 11.6. The molecule has 0 atom stereocenters. The molecule has 0 amide bonds. The smallest absolute Gasteiger partial charge is 0.200 e. The third-order valence-corrected chi connectivity index (χ3v) is 9.50. The van der Waals surface area contributed by atoms with Gasteiger partial charge in [-0.2, -0.15) is 0 Å². The Bertz CT molecular complexity index is 2140. The van der Waals surface area contributed by atoms with Crippen molar-refractivity contribution in [3.05, 3.63) is 154 Å². The van der Waals surface area contributed by atoms with E-state index in [9.17, 15) is 30.6 Å². The van der Waals surface area contributed by atoms with Crippen molar-refractivity contribution in [2.75, 3.05) is 0 Å². The summed E-state index contributed by atoms with van der Waals surface area (Å²) in [6.07, 6.45) is 1.07. The Morgan fingerprint density at radius 1 is 0.521 bits per heavy atom.